The van der Waals surface area contributed by atoms with Crippen LogP contribution in [-0.2, 0) is 6.18 Å². The Morgan fingerprint density at radius 1 is 1.15 bits per heavy atom. The predicted octanol–water partition coefficient (Wildman–Crippen LogP) is 3.93. The molecule has 8 heteroatoms. The van der Waals surface area contributed by atoms with Crippen LogP contribution in [0.15, 0.2) is 30.5 Å². The molecule has 4 nitrogen and oxygen atoms in total. The van der Waals surface area contributed by atoms with Gasteiger partial charge in [0.1, 0.15) is 5.02 Å². The topological polar surface area (TPSA) is 49.8 Å². The van der Waals surface area contributed by atoms with Crippen molar-refractivity contribution in [3.63, 3.8) is 0 Å². The molecule has 0 bridgehead atoms. The smallest absolute Gasteiger partial charge is 0.357 e. The maximum absolute atomic E-state index is 12.4. The molecular weight excluding hydrogens is 293 g/mol. The molecule has 1 aromatic heterocycles. The lowest BCUT2D eigenvalue weighted by Gasteiger charge is -2.10. The molecule has 0 fully saturated rings. The number of rotatable bonds is 3. The minimum absolute atomic E-state index is 0.267. The Labute approximate surface area is 118 Å². The Bertz CT molecular complexity index is 599. The van der Waals surface area contributed by atoms with Crippen molar-refractivity contribution in [2.75, 3.05) is 17.7 Å². The first kappa shape index (κ1) is 14.4. The van der Waals surface area contributed by atoms with Crippen LogP contribution in [-0.4, -0.2) is 17.0 Å². The van der Waals surface area contributed by atoms with Gasteiger partial charge in [-0.2, -0.15) is 18.2 Å². The maximum Gasteiger partial charge on any atom is 0.416 e. The average Bonchev–Trinajstić information content (AvgIpc) is 2.41. The SMILES string of the molecule is CNc1ncc(Cl)c(Nc2ccc(C(F)(F)F)cc2)n1. The van der Waals surface area contributed by atoms with Gasteiger partial charge in [-0.3, -0.25) is 0 Å². The highest BCUT2D eigenvalue weighted by Gasteiger charge is 2.29. The summed E-state index contributed by atoms with van der Waals surface area (Å²) in [5.41, 5.74) is -0.270. The molecule has 2 rings (SSSR count). The highest BCUT2D eigenvalue weighted by atomic mass is 35.5. The number of alkyl halides is 3. The van der Waals surface area contributed by atoms with Gasteiger partial charge in [0.15, 0.2) is 5.82 Å². The van der Waals surface area contributed by atoms with Gasteiger partial charge in [-0.15, -0.1) is 0 Å². The van der Waals surface area contributed by atoms with Gasteiger partial charge < -0.3 is 10.6 Å². The van der Waals surface area contributed by atoms with Crippen LogP contribution in [0.4, 0.5) is 30.6 Å². The molecular formula is C12H10ClF3N4. The molecule has 0 amide bonds. The van der Waals surface area contributed by atoms with Crippen LogP contribution in [0.1, 0.15) is 5.56 Å². The Balaban J connectivity index is 2.22. The number of nitrogens with zero attached hydrogens (tertiary/aromatic N) is 2. The maximum atomic E-state index is 12.4. The molecule has 0 saturated carbocycles. The molecule has 2 N–H and O–H groups in total. The number of benzene rings is 1. The fourth-order valence-corrected chi connectivity index (χ4v) is 1.59. The normalized spacial score (nSPS) is 11.2. The third-order valence-corrected chi connectivity index (χ3v) is 2.72. The van der Waals surface area contributed by atoms with E-state index in [1.54, 1.807) is 7.05 Å². The summed E-state index contributed by atoms with van der Waals surface area (Å²) in [7, 11) is 1.64. The quantitative estimate of drug-likeness (QED) is 0.902. The monoisotopic (exact) mass is 302 g/mol. The van der Waals surface area contributed by atoms with Crippen LogP contribution in [0.3, 0.4) is 0 Å². The number of anilines is 3. The predicted molar refractivity (Wildman–Crippen MR) is 71.3 cm³/mol. The van der Waals surface area contributed by atoms with Crippen LogP contribution >= 0.6 is 11.6 Å². The highest BCUT2D eigenvalue weighted by molar-refractivity contribution is 6.32. The molecule has 106 valence electrons. The van der Waals surface area contributed by atoms with Crippen molar-refractivity contribution in [1.29, 1.82) is 0 Å². The fourth-order valence-electron chi connectivity index (χ4n) is 1.45. The standard InChI is InChI=1S/C12H10ClF3N4/c1-17-11-18-6-9(13)10(20-11)19-8-4-2-7(3-5-8)12(14,15)16/h2-6H,1H3,(H2,17,18,19,20). The van der Waals surface area contributed by atoms with Crippen molar-refractivity contribution in [2.45, 2.75) is 6.18 Å². The van der Waals surface area contributed by atoms with Crippen LogP contribution in [0.2, 0.25) is 5.02 Å². The Hall–Kier alpha value is -2.02. The van der Waals surface area contributed by atoms with E-state index in [0.717, 1.165) is 12.1 Å². The average molecular weight is 303 g/mol. The van der Waals surface area contributed by atoms with Crippen molar-refractivity contribution in [3.8, 4) is 0 Å². The third kappa shape index (κ3) is 3.30. The second-order valence-electron chi connectivity index (χ2n) is 3.84. The molecule has 0 atom stereocenters. The van der Waals surface area contributed by atoms with E-state index in [9.17, 15) is 13.2 Å². The van der Waals surface area contributed by atoms with E-state index in [-0.39, 0.29) is 5.02 Å². The number of hydrogen-bond donors (Lipinski definition) is 2. The number of nitrogens with one attached hydrogen (secondary N) is 2. The first-order chi connectivity index (χ1) is 9.40. The molecule has 0 radical (unpaired) electrons. The third-order valence-electron chi connectivity index (χ3n) is 2.44. The number of halogens is 4. The number of aromatic nitrogens is 2. The summed E-state index contributed by atoms with van der Waals surface area (Å²) in [5, 5.41) is 5.84. The summed E-state index contributed by atoms with van der Waals surface area (Å²) < 4.78 is 37.3. The van der Waals surface area contributed by atoms with E-state index < -0.39 is 11.7 Å². The lowest BCUT2D eigenvalue weighted by atomic mass is 10.2. The van der Waals surface area contributed by atoms with Gasteiger partial charge in [-0.1, -0.05) is 11.6 Å². The van der Waals surface area contributed by atoms with Gasteiger partial charge >= 0.3 is 6.18 Å². The lowest BCUT2D eigenvalue weighted by Crippen LogP contribution is -2.05. The van der Waals surface area contributed by atoms with Gasteiger partial charge in [-0.05, 0) is 24.3 Å². The summed E-state index contributed by atoms with van der Waals surface area (Å²) in [5.74, 6) is 0.662. The van der Waals surface area contributed by atoms with Crippen LogP contribution in [0.25, 0.3) is 0 Å². The summed E-state index contributed by atoms with van der Waals surface area (Å²) in [4.78, 5) is 7.97. The summed E-state index contributed by atoms with van der Waals surface area (Å²) in [6.45, 7) is 0. The Morgan fingerprint density at radius 2 is 1.80 bits per heavy atom. The van der Waals surface area contributed by atoms with Crippen LogP contribution in [0.5, 0.6) is 0 Å². The van der Waals surface area contributed by atoms with E-state index in [1.165, 1.54) is 18.3 Å². The summed E-state index contributed by atoms with van der Waals surface area (Å²) >= 11 is 5.91. The highest BCUT2D eigenvalue weighted by Crippen LogP contribution is 2.31. The van der Waals surface area contributed by atoms with E-state index >= 15 is 0 Å². The first-order valence-electron chi connectivity index (χ1n) is 5.54. The minimum atomic E-state index is -4.36. The zero-order valence-electron chi connectivity index (χ0n) is 10.3. The molecule has 0 unspecified atom stereocenters. The molecule has 0 spiro atoms. The molecule has 20 heavy (non-hydrogen) atoms. The number of hydrogen-bond acceptors (Lipinski definition) is 4. The Kier molecular flexibility index (Phi) is 3.99. The molecule has 2 aromatic rings. The van der Waals surface area contributed by atoms with Crippen molar-refractivity contribution in [1.82, 2.24) is 9.97 Å². The van der Waals surface area contributed by atoms with E-state index in [4.69, 9.17) is 11.6 Å². The minimum Gasteiger partial charge on any atom is -0.357 e. The molecule has 0 saturated heterocycles. The molecule has 0 aliphatic rings. The van der Waals surface area contributed by atoms with Crippen LogP contribution < -0.4 is 10.6 Å². The van der Waals surface area contributed by atoms with Gasteiger partial charge in [-0.25, -0.2) is 4.98 Å². The van der Waals surface area contributed by atoms with Gasteiger partial charge in [0.2, 0.25) is 5.95 Å². The summed E-state index contributed by atoms with van der Waals surface area (Å²) in [6, 6.07) is 4.58. The van der Waals surface area contributed by atoms with Gasteiger partial charge in [0, 0.05) is 12.7 Å². The van der Waals surface area contributed by atoms with Crippen molar-refractivity contribution >= 4 is 29.1 Å². The largest absolute Gasteiger partial charge is 0.416 e. The lowest BCUT2D eigenvalue weighted by molar-refractivity contribution is -0.137. The van der Waals surface area contributed by atoms with Crippen LogP contribution in [0, 0.1) is 0 Å². The van der Waals surface area contributed by atoms with Crippen molar-refractivity contribution in [2.24, 2.45) is 0 Å². The van der Waals surface area contributed by atoms with E-state index in [1.807, 2.05) is 0 Å². The van der Waals surface area contributed by atoms with E-state index in [2.05, 4.69) is 20.6 Å². The van der Waals surface area contributed by atoms with E-state index in [0.29, 0.717) is 17.5 Å². The molecule has 1 aromatic carbocycles. The molecule has 0 aliphatic carbocycles. The first-order valence-corrected chi connectivity index (χ1v) is 5.92. The van der Waals surface area contributed by atoms with Crippen molar-refractivity contribution in [3.05, 3.63) is 41.0 Å². The summed E-state index contributed by atoms with van der Waals surface area (Å²) in [6.07, 6.45) is -2.96. The molecule has 1 heterocycles. The second-order valence-corrected chi connectivity index (χ2v) is 4.25. The fraction of sp³-hybridized carbons (Fsp3) is 0.167. The second kappa shape index (κ2) is 5.54. The van der Waals surface area contributed by atoms with Gasteiger partial charge in [0.05, 0.1) is 11.8 Å². The van der Waals surface area contributed by atoms with Crippen molar-refractivity contribution < 1.29 is 13.2 Å². The van der Waals surface area contributed by atoms with Gasteiger partial charge in [0.25, 0.3) is 0 Å². The zero-order valence-corrected chi connectivity index (χ0v) is 11.0. The zero-order chi connectivity index (χ0) is 14.8. The Morgan fingerprint density at radius 3 is 2.35 bits per heavy atom. The molecule has 0 aliphatic heterocycles.